The molecule has 102 valence electrons. The summed E-state index contributed by atoms with van der Waals surface area (Å²) in [6.45, 7) is 0. The molecule has 3 nitrogen and oxygen atoms in total. The second-order valence-corrected chi connectivity index (χ2v) is 6.38. The Labute approximate surface area is 103 Å². The van der Waals surface area contributed by atoms with Gasteiger partial charge >= 0.3 is 8.80 Å². The monoisotopic (exact) mass is 284 g/mol. The van der Waals surface area contributed by atoms with Crippen LogP contribution in [0.3, 0.4) is 0 Å². The maximum absolute atomic E-state index is 13.5. The van der Waals surface area contributed by atoms with Gasteiger partial charge < -0.3 is 13.3 Å². The Balaban J connectivity index is 3.19. The van der Waals surface area contributed by atoms with Gasteiger partial charge in [0.2, 0.25) is 0 Å². The first-order valence-corrected chi connectivity index (χ1v) is 6.81. The lowest BCUT2D eigenvalue weighted by atomic mass is 10.2. The topological polar surface area (TPSA) is 27.7 Å². The minimum absolute atomic E-state index is 0.309. The summed E-state index contributed by atoms with van der Waals surface area (Å²) < 4.78 is 67.3. The van der Waals surface area contributed by atoms with Crippen LogP contribution in [-0.4, -0.2) is 30.1 Å². The van der Waals surface area contributed by atoms with Crippen molar-refractivity contribution in [2.75, 3.05) is 21.3 Å². The van der Waals surface area contributed by atoms with Crippen molar-refractivity contribution in [3.8, 4) is 0 Å². The summed E-state index contributed by atoms with van der Waals surface area (Å²) >= 11 is 0. The van der Waals surface area contributed by atoms with Gasteiger partial charge in [-0.25, -0.2) is 17.6 Å². The summed E-state index contributed by atoms with van der Waals surface area (Å²) in [6.07, 6.45) is 0. The molecule has 0 aliphatic carbocycles. The minimum Gasteiger partial charge on any atom is -0.377 e. The molecule has 8 heteroatoms. The molecule has 0 atom stereocenters. The molecule has 1 aromatic carbocycles. The number of rotatable bonds is 5. The van der Waals surface area contributed by atoms with Crippen LogP contribution in [0.2, 0.25) is 0 Å². The second kappa shape index (κ2) is 5.78. The molecule has 0 saturated carbocycles. The van der Waals surface area contributed by atoms with Gasteiger partial charge in [-0.1, -0.05) is 0 Å². The standard InChI is InChI=1S/C10H12F4O3Si/c1-15-18(16-2,17-3)5-6-4-7(11)9(13)10(14)8(6)12/h4H,5H2,1-3H3. The third-order valence-electron chi connectivity index (χ3n) is 2.52. The van der Waals surface area contributed by atoms with Crippen molar-refractivity contribution in [3.63, 3.8) is 0 Å². The van der Waals surface area contributed by atoms with E-state index in [0.29, 0.717) is 6.07 Å². The average Bonchev–Trinajstić information content (AvgIpc) is 2.39. The van der Waals surface area contributed by atoms with Gasteiger partial charge in [-0.2, -0.15) is 0 Å². The zero-order valence-electron chi connectivity index (χ0n) is 10.0. The van der Waals surface area contributed by atoms with Gasteiger partial charge in [0.25, 0.3) is 0 Å². The smallest absolute Gasteiger partial charge is 0.377 e. The van der Waals surface area contributed by atoms with E-state index in [4.69, 9.17) is 13.3 Å². The van der Waals surface area contributed by atoms with Crippen LogP contribution in [-0.2, 0) is 19.3 Å². The molecule has 18 heavy (non-hydrogen) atoms. The number of hydrogen-bond acceptors (Lipinski definition) is 3. The molecule has 0 spiro atoms. The van der Waals surface area contributed by atoms with E-state index in [9.17, 15) is 17.6 Å². The highest BCUT2D eigenvalue weighted by Crippen LogP contribution is 2.22. The Bertz CT molecular complexity index is 429. The Kier molecular flexibility index (Phi) is 4.85. The molecule has 0 fully saturated rings. The quantitative estimate of drug-likeness (QED) is 0.359. The fourth-order valence-corrected chi connectivity index (χ4v) is 3.11. The van der Waals surface area contributed by atoms with Crippen LogP contribution < -0.4 is 0 Å². The Morgan fingerprint density at radius 1 is 0.889 bits per heavy atom. The van der Waals surface area contributed by atoms with Crippen LogP contribution in [0.4, 0.5) is 17.6 Å². The SMILES string of the molecule is CO[Si](Cc1cc(F)c(F)c(F)c1F)(OC)OC. The lowest BCUT2D eigenvalue weighted by Crippen LogP contribution is -2.46. The van der Waals surface area contributed by atoms with E-state index >= 15 is 0 Å². The molecule has 0 aliphatic rings. The summed E-state index contributed by atoms with van der Waals surface area (Å²) in [4.78, 5) is 0. The summed E-state index contributed by atoms with van der Waals surface area (Å²) in [7, 11) is 0.565. The molecule has 0 aromatic heterocycles. The van der Waals surface area contributed by atoms with Crippen LogP contribution in [0.1, 0.15) is 5.56 Å². The van der Waals surface area contributed by atoms with E-state index in [0.717, 1.165) is 0 Å². The molecule has 0 bridgehead atoms. The molecular formula is C10H12F4O3Si. The summed E-state index contributed by atoms with van der Waals surface area (Å²) in [5.41, 5.74) is -0.399. The highest BCUT2D eigenvalue weighted by molar-refractivity contribution is 6.60. The summed E-state index contributed by atoms with van der Waals surface area (Å²) in [5, 5.41) is 0. The maximum Gasteiger partial charge on any atom is 0.504 e. The molecule has 1 aromatic rings. The minimum atomic E-state index is -3.25. The first-order chi connectivity index (χ1) is 8.40. The predicted octanol–water partition coefficient (Wildman–Crippen LogP) is 2.20. The average molecular weight is 284 g/mol. The van der Waals surface area contributed by atoms with Gasteiger partial charge in [-0.3, -0.25) is 0 Å². The Morgan fingerprint density at radius 2 is 1.39 bits per heavy atom. The molecule has 0 radical (unpaired) electrons. The third kappa shape index (κ3) is 2.71. The van der Waals surface area contributed by atoms with Crippen molar-refractivity contribution in [2.45, 2.75) is 6.04 Å². The van der Waals surface area contributed by atoms with E-state index in [1.807, 2.05) is 0 Å². The van der Waals surface area contributed by atoms with Crippen molar-refractivity contribution in [1.29, 1.82) is 0 Å². The molecule has 0 amide bonds. The van der Waals surface area contributed by atoms with Gasteiger partial charge in [-0.05, 0) is 11.6 Å². The summed E-state index contributed by atoms with van der Waals surface area (Å²) in [6, 6.07) is 0.253. The first-order valence-electron chi connectivity index (χ1n) is 4.88. The zero-order valence-corrected chi connectivity index (χ0v) is 11.0. The lowest BCUT2D eigenvalue weighted by molar-refractivity contribution is 0.122. The van der Waals surface area contributed by atoms with Crippen LogP contribution in [0.25, 0.3) is 0 Å². The molecule has 0 aliphatic heterocycles. The highest BCUT2D eigenvalue weighted by Gasteiger charge is 2.40. The largest absolute Gasteiger partial charge is 0.504 e. The van der Waals surface area contributed by atoms with Crippen LogP contribution in [0, 0.1) is 23.3 Å². The fourth-order valence-electron chi connectivity index (χ4n) is 1.45. The van der Waals surface area contributed by atoms with Gasteiger partial charge in [0.1, 0.15) is 0 Å². The van der Waals surface area contributed by atoms with Crippen molar-refractivity contribution in [2.24, 2.45) is 0 Å². The van der Waals surface area contributed by atoms with E-state index in [1.165, 1.54) is 21.3 Å². The van der Waals surface area contributed by atoms with E-state index in [-0.39, 0.29) is 6.04 Å². The molecule has 0 heterocycles. The molecule has 1 rings (SSSR count). The van der Waals surface area contributed by atoms with E-state index in [2.05, 4.69) is 0 Å². The Hall–Kier alpha value is -0.963. The molecule has 0 N–H and O–H groups in total. The normalized spacial score (nSPS) is 11.9. The first kappa shape index (κ1) is 15.1. The van der Waals surface area contributed by atoms with Gasteiger partial charge in [0.15, 0.2) is 23.3 Å². The molecular weight excluding hydrogens is 272 g/mol. The molecule has 0 unspecified atom stereocenters. The number of hydrogen-bond donors (Lipinski definition) is 0. The number of benzene rings is 1. The van der Waals surface area contributed by atoms with Crippen molar-refractivity contribution < 1.29 is 30.8 Å². The van der Waals surface area contributed by atoms with Gasteiger partial charge in [0, 0.05) is 27.4 Å². The van der Waals surface area contributed by atoms with Crippen LogP contribution in [0.15, 0.2) is 6.07 Å². The third-order valence-corrected chi connectivity index (χ3v) is 5.20. The van der Waals surface area contributed by atoms with Crippen LogP contribution >= 0.6 is 0 Å². The van der Waals surface area contributed by atoms with Crippen molar-refractivity contribution >= 4 is 8.80 Å². The van der Waals surface area contributed by atoms with Crippen molar-refractivity contribution in [1.82, 2.24) is 0 Å². The van der Waals surface area contributed by atoms with Gasteiger partial charge in [-0.15, -0.1) is 0 Å². The predicted molar refractivity (Wildman–Crippen MR) is 56.8 cm³/mol. The highest BCUT2D eigenvalue weighted by atomic mass is 28.4. The number of halogens is 4. The Morgan fingerprint density at radius 3 is 1.83 bits per heavy atom. The summed E-state index contributed by atoms with van der Waals surface area (Å²) in [5.74, 6) is -6.67. The zero-order chi connectivity index (χ0) is 13.9. The second-order valence-electron chi connectivity index (χ2n) is 3.43. The van der Waals surface area contributed by atoms with Crippen molar-refractivity contribution in [3.05, 3.63) is 34.9 Å². The lowest BCUT2D eigenvalue weighted by Gasteiger charge is -2.24. The van der Waals surface area contributed by atoms with Crippen LogP contribution in [0.5, 0.6) is 0 Å². The van der Waals surface area contributed by atoms with E-state index in [1.54, 1.807) is 0 Å². The fraction of sp³-hybridized carbons (Fsp3) is 0.400. The maximum atomic E-state index is 13.5. The van der Waals surface area contributed by atoms with Gasteiger partial charge in [0.05, 0.1) is 0 Å². The van der Waals surface area contributed by atoms with E-state index < -0.39 is 37.6 Å². The molecule has 0 saturated heterocycles.